The van der Waals surface area contributed by atoms with Crippen LogP contribution in [0.5, 0.6) is 0 Å². The van der Waals surface area contributed by atoms with Crippen LogP contribution in [0.2, 0.25) is 0 Å². The van der Waals surface area contributed by atoms with Crippen molar-refractivity contribution in [1.82, 2.24) is 9.80 Å². The number of nitrogens with two attached hydrogens (primary N) is 1. The number of nitrogens with zero attached hydrogens (tertiary/aromatic N) is 2. The summed E-state index contributed by atoms with van der Waals surface area (Å²) in [7, 11) is 0. The molecular formula is C14H21F2N3O3. The molecule has 2 saturated heterocycles. The minimum Gasteiger partial charge on any atom is -0.465 e. The van der Waals surface area contributed by atoms with E-state index >= 15 is 0 Å². The van der Waals surface area contributed by atoms with Gasteiger partial charge >= 0.3 is 6.09 Å². The lowest BCUT2D eigenvalue weighted by atomic mass is 9.80. The van der Waals surface area contributed by atoms with E-state index in [2.05, 4.69) is 0 Å². The van der Waals surface area contributed by atoms with Gasteiger partial charge in [0.25, 0.3) is 0 Å². The first-order valence-corrected chi connectivity index (χ1v) is 7.67. The largest absolute Gasteiger partial charge is 0.465 e. The average Bonchev–Trinajstić information content (AvgIpc) is 3.11. The zero-order chi connectivity index (χ0) is 16.1. The number of hydrogen-bond acceptors (Lipinski definition) is 3. The number of halogens is 2. The number of amides is 2. The molecule has 22 heavy (non-hydrogen) atoms. The summed E-state index contributed by atoms with van der Waals surface area (Å²) >= 11 is 0. The Hall–Kier alpha value is -1.44. The maximum absolute atomic E-state index is 13.0. The topological polar surface area (TPSA) is 86.9 Å². The number of alkyl halides is 2. The van der Waals surface area contributed by atoms with E-state index in [4.69, 9.17) is 10.8 Å². The molecule has 2 amide bonds. The highest BCUT2D eigenvalue weighted by Crippen LogP contribution is 2.46. The fraction of sp³-hybridized carbons (Fsp3) is 0.857. The molecule has 0 spiro atoms. The molecule has 1 aliphatic carbocycles. The number of piperazine rings is 1. The minimum absolute atomic E-state index is 0.181. The second kappa shape index (κ2) is 5.33. The van der Waals surface area contributed by atoms with Crippen molar-refractivity contribution in [3.05, 3.63) is 0 Å². The van der Waals surface area contributed by atoms with Crippen LogP contribution in [0.3, 0.4) is 0 Å². The summed E-state index contributed by atoms with van der Waals surface area (Å²) < 4.78 is 25.9. The van der Waals surface area contributed by atoms with E-state index < -0.39 is 24.4 Å². The second-order valence-corrected chi connectivity index (χ2v) is 6.81. The molecule has 3 fully saturated rings. The van der Waals surface area contributed by atoms with Crippen LogP contribution < -0.4 is 5.73 Å². The van der Waals surface area contributed by atoms with Crippen LogP contribution in [0.1, 0.15) is 32.1 Å². The van der Waals surface area contributed by atoms with Gasteiger partial charge in [-0.25, -0.2) is 13.6 Å². The van der Waals surface area contributed by atoms with Crippen molar-refractivity contribution in [2.45, 2.75) is 56.7 Å². The van der Waals surface area contributed by atoms with Crippen molar-refractivity contribution >= 4 is 12.0 Å². The van der Waals surface area contributed by atoms with Crippen molar-refractivity contribution in [1.29, 1.82) is 0 Å². The number of carboxylic acid groups (broad SMARTS) is 1. The third-order valence-corrected chi connectivity index (χ3v) is 5.39. The first kappa shape index (κ1) is 15.5. The molecule has 0 radical (unpaired) electrons. The molecule has 3 rings (SSSR count). The van der Waals surface area contributed by atoms with Crippen molar-refractivity contribution in [3.8, 4) is 0 Å². The quantitative estimate of drug-likeness (QED) is 0.816. The van der Waals surface area contributed by atoms with Gasteiger partial charge in [-0.2, -0.15) is 0 Å². The molecule has 0 aromatic heterocycles. The van der Waals surface area contributed by atoms with Gasteiger partial charge in [0, 0.05) is 25.6 Å². The lowest BCUT2D eigenvalue weighted by Gasteiger charge is -2.38. The van der Waals surface area contributed by atoms with Crippen molar-refractivity contribution in [2.24, 2.45) is 11.1 Å². The third-order valence-electron chi connectivity index (χ3n) is 5.39. The standard InChI is InChI=1S/C14H21F2N3O3/c15-11(16)5-14(2-1-8(17)4-14)12(20)18-6-10-3-9(18)7-19(10)13(21)22/h8-11H,1-7,17H2,(H,21,22)/t8-,9+,10+,14+/m1/s1. The summed E-state index contributed by atoms with van der Waals surface area (Å²) in [6, 6.07) is -0.594. The molecule has 124 valence electrons. The zero-order valence-corrected chi connectivity index (χ0v) is 12.3. The summed E-state index contributed by atoms with van der Waals surface area (Å²) in [4.78, 5) is 26.9. The Morgan fingerprint density at radius 2 is 1.91 bits per heavy atom. The van der Waals surface area contributed by atoms with Crippen molar-refractivity contribution < 1.29 is 23.5 Å². The second-order valence-electron chi connectivity index (χ2n) is 6.81. The molecule has 2 aliphatic heterocycles. The Kier molecular flexibility index (Phi) is 3.74. The van der Waals surface area contributed by atoms with Crippen LogP contribution in [0.4, 0.5) is 13.6 Å². The number of rotatable bonds is 3. The lowest BCUT2D eigenvalue weighted by molar-refractivity contribution is -0.146. The lowest BCUT2D eigenvalue weighted by Crippen LogP contribution is -2.54. The summed E-state index contributed by atoms with van der Waals surface area (Å²) in [5.74, 6) is -0.252. The normalized spacial score (nSPS) is 37.4. The van der Waals surface area contributed by atoms with Gasteiger partial charge in [-0.05, 0) is 25.7 Å². The number of carbonyl (C=O) groups excluding carboxylic acids is 1. The van der Waals surface area contributed by atoms with E-state index in [0.717, 1.165) is 0 Å². The first-order chi connectivity index (χ1) is 10.3. The van der Waals surface area contributed by atoms with Gasteiger partial charge in [-0.3, -0.25) is 4.79 Å². The highest BCUT2D eigenvalue weighted by atomic mass is 19.3. The number of fused-ring (bicyclic) bond motifs is 2. The molecule has 3 N–H and O–H groups in total. The van der Waals surface area contributed by atoms with Crippen molar-refractivity contribution in [3.63, 3.8) is 0 Å². The Morgan fingerprint density at radius 1 is 1.27 bits per heavy atom. The van der Waals surface area contributed by atoms with Gasteiger partial charge in [-0.1, -0.05) is 0 Å². The Morgan fingerprint density at radius 3 is 2.36 bits per heavy atom. The van der Waals surface area contributed by atoms with Gasteiger partial charge in [0.2, 0.25) is 12.3 Å². The molecule has 3 aliphatic rings. The molecule has 6 nitrogen and oxygen atoms in total. The molecule has 2 heterocycles. The van der Waals surface area contributed by atoms with Gasteiger partial charge in [0.1, 0.15) is 0 Å². The highest BCUT2D eigenvalue weighted by Gasteiger charge is 2.54. The molecule has 8 heteroatoms. The van der Waals surface area contributed by atoms with Gasteiger partial charge < -0.3 is 20.6 Å². The number of likely N-dealkylation sites (tertiary alicyclic amines) is 2. The van der Waals surface area contributed by atoms with Crippen LogP contribution >= 0.6 is 0 Å². The molecule has 0 aromatic rings. The minimum atomic E-state index is -2.54. The summed E-state index contributed by atoms with van der Waals surface area (Å²) in [6.07, 6.45) is -2.08. The summed E-state index contributed by atoms with van der Waals surface area (Å²) in [5.41, 5.74) is 4.80. The predicted octanol–water partition coefficient (Wildman–Crippen LogP) is 1.10. The molecule has 4 atom stereocenters. The third kappa shape index (κ3) is 2.43. The van der Waals surface area contributed by atoms with Gasteiger partial charge in [0.05, 0.1) is 17.5 Å². The molecule has 2 bridgehead atoms. The fourth-order valence-corrected chi connectivity index (χ4v) is 4.38. The maximum Gasteiger partial charge on any atom is 0.407 e. The number of hydrogen-bond donors (Lipinski definition) is 2. The van der Waals surface area contributed by atoms with Crippen LogP contribution in [-0.2, 0) is 4.79 Å². The highest BCUT2D eigenvalue weighted by molar-refractivity contribution is 5.84. The molecular weight excluding hydrogens is 296 g/mol. The summed E-state index contributed by atoms with van der Waals surface area (Å²) in [6.45, 7) is 0.596. The Bertz CT molecular complexity index is 490. The van der Waals surface area contributed by atoms with Gasteiger partial charge in [-0.15, -0.1) is 0 Å². The van der Waals surface area contributed by atoms with E-state index in [1.807, 2.05) is 0 Å². The summed E-state index contributed by atoms with van der Waals surface area (Å²) in [5, 5.41) is 9.08. The maximum atomic E-state index is 13.0. The first-order valence-electron chi connectivity index (χ1n) is 7.67. The van der Waals surface area contributed by atoms with Crippen LogP contribution in [0.25, 0.3) is 0 Å². The smallest absolute Gasteiger partial charge is 0.407 e. The van der Waals surface area contributed by atoms with Crippen LogP contribution in [0.15, 0.2) is 0 Å². The predicted molar refractivity (Wildman–Crippen MR) is 73.5 cm³/mol. The van der Waals surface area contributed by atoms with E-state index in [9.17, 15) is 18.4 Å². The van der Waals surface area contributed by atoms with Crippen LogP contribution in [-0.4, -0.2) is 64.5 Å². The van der Waals surface area contributed by atoms with Crippen LogP contribution in [0, 0.1) is 5.41 Å². The van der Waals surface area contributed by atoms with E-state index in [1.54, 1.807) is 4.90 Å². The van der Waals surface area contributed by atoms with E-state index in [1.165, 1.54) is 4.90 Å². The van der Waals surface area contributed by atoms with Crippen molar-refractivity contribution in [2.75, 3.05) is 13.1 Å². The Balaban J connectivity index is 1.75. The molecule has 0 unspecified atom stereocenters. The van der Waals surface area contributed by atoms with Gasteiger partial charge in [0.15, 0.2) is 0 Å². The van der Waals surface area contributed by atoms with E-state index in [-0.39, 0.29) is 30.6 Å². The monoisotopic (exact) mass is 317 g/mol. The number of carbonyl (C=O) groups is 2. The fourth-order valence-electron chi connectivity index (χ4n) is 4.38. The molecule has 0 aromatic carbocycles. The average molecular weight is 317 g/mol. The molecule has 1 saturated carbocycles. The zero-order valence-electron chi connectivity index (χ0n) is 12.3. The Labute approximate surface area is 127 Å². The SMILES string of the molecule is N[C@@H]1CC[C@](CC(F)F)(C(=O)N2C[C@@H]3C[C@H]2CN3C(=O)O)C1. The van der Waals surface area contributed by atoms with E-state index in [0.29, 0.717) is 32.2 Å².